The maximum atomic E-state index is 11.3. The van der Waals surface area contributed by atoms with Crippen LogP contribution in [0.25, 0.3) is 6.08 Å². The molecule has 0 saturated heterocycles. The number of hydrogen-bond acceptors (Lipinski definition) is 1. The van der Waals surface area contributed by atoms with Crippen LogP contribution in [0.3, 0.4) is 0 Å². The second-order valence-corrected chi connectivity index (χ2v) is 3.59. The van der Waals surface area contributed by atoms with Gasteiger partial charge in [-0.2, -0.15) is 0 Å². The van der Waals surface area contributed by atoms with Gasteiger partial charge < -0.3 is 0 Å². The fourth-order valence-electron chi connectivity index (χ4n) is 0.909. The van der Waals surface area contributed by atoms with Crippen LogP contribution in [0.15, 0.2) is 30.8 Å². The van der Waals surface area contributed by atoms with Gasteiger partial charge >= 0.3 is 0 Å². The Morgan fingerprint density at radius 1 is 1.31 bits per heavy atom. The van der Waals surface area contributed by atoms with E-state index in [1.165, 1.54) is 0 Å². The molecule has 68 valence electrons. The van der Waals surface area contributed by atoms with E-state index in [-0.39, 0.29) is 5.78 Å². The van der Waals surface area contributed by atoms with Crippen molar-refractivity contribution >= 4 is 35.1 Å². The van der Waals surface area contributed by atoms with Crippen LogP contribution in [0, 0.1) is 0 Å². The van der Waals surface area contributed by atoms with Crippen LogP contribution < -0.4 is 0 Å². The third-order valence-electron chi connectivity index (χ3n) is 1.63. The predicted molar refractivity (Wildman–Crippen MR) is 56.4 cm³/mol. The van der Waals surface area contributed by atoms with Crippen molar-refractivity contribution in [3.63, 3.8) is 0 Å². The van der Waals surface area contributed by atoms with Gasteiger partial charge in [0.15, 0.2) is 10.6 Å². The van der Waals surface area contributed by atoms with E-state index < -0.39 is 4.84 Å². The van der Waals surface area contributed by atoms with E-state index in [0.717, 1.165) is 5.56 Å². The second kappa shape index (κ2) is 4.45. The van der Waals surface area contributed by atoms with E-state index in [4.69, 9.17) is 23.2 Å². The Bertz CT molecular complexity index is 314. The molecule has 0 aliphatic rings. The number of alkyl halides is 2. The van der Waals surface area contributed by atoms with Crippen molar-refractivity contribution in [2.75, 3.05) is 0 Å². The van der Waals surface area contributed by atoms with Crippen LogP contribution in [0.2, 0.25) is 0 Å². The summed E-state index contributed by atoms with van der Waals surface area (Å²) < 4.78 is 0. The van der Waals surface area contributed by atoms with Gasteiger partial charge in [0.25, 0.3) is 0 Å². The molecule has 0 bridgehead atoms. The van der Waals surface area contributed by atoms with Gasteiger partial charge in [-0.05, 0) is 5.56 Å². The molecule has 0 fully saturated rings. The first-order valence-electron chi connectivity index (χ1n) is 3.70. The molecule has 0 N–H and O–H groups in total. The van der Waals surface area contributed by atoms with Gasteiger partial charge in [-0.15, -0.1) is 0 Å². The Hall–Kier alpha value is -0.790. The van der Waals surface area contributed by atoms with Gasteiger partial charge in [-0.1, -0.05) is 60.1 Å². The van der Waals surface area contributed by atoms with Gasteiger partial charge in [-0.3, -0.25) is 4.79 Å². The lowest BCUT2D eigenvalue weighted by Crippen LogP contribution is -2.07. The van der Waals surface area contributed by atoms with Gasteiger partial charge in [-0.25, -0.2) is 0 Å². The SMILES string of the molecule is C=Cc1ccc(C(=O)C(Cl)Cl)cc1. The summed E-state index contributed by atoms with van der Waals surface area (Å²) >= 11 is 10.9. The van der Waals surface area contributed by atoms with Crippen molar-refractivity contribution in [1.29, 1.82) is 0 Å². The molecule has 0 radical (unpaired) electrons. The van der Waals surface area contributed by atoms with E-state index in [2.05, 4.69) is 6.58 Å². The van der Waals surface area contributed by atoms with Crippen LogP contribution in [0.1, 0.15) is 15.9 Å². The van der Waals surface area contributed by atoms with Gasteiger partial charge in [0.2, 0.25) is 0 Å². The van der Waals surface area contributed by atoms with E-state index in [0.29, 0.717) is 5.56 Å². The number of hydrogen-bond donors (Lipinski definition) is 0. The maximum Gasteiger partial charge on any atom is 0.195 e. The number of benzene rings is 1. The van der Waals surface area contributed by atoms with E-state index in [9.17, 15) is 4.79 Å². The average Bonchev–Trinajstić information content (AvgIpc) is 2.17. The Kier molecular flexibility index (Phi) is 3.52. The summed E-state index contributed by atoms with van der Waals surface area (Å²) in [4.78, 5) is 10.3. The van der Waals surface area contributed by atoms with Crippen molar-refractivity contribution in [3.05, 3.63) is 42.0 Å². The van der Waals surface area contributed by atoms with Gasteiger partial charge in [0.1, 0.15) is 0 Å². The van der Waals surface area contributed by atoms with E-state index >= 15 is 0 Å². The topological polar surface area (TPSA) is 17.1 Å². The number of carbonyl (C=O) groups is 1. The minimum absolute atomic E-state index is 0.279. The first-order chi connectivity index (χ1) is 6.15. The molecule has 0 aromatic heterocycles. The highest BCUT2D eigenvalue weighted by molar-refractivity contribution is 6.55. The van der Waals surface area contributed by atoms with E-state index in [1.54, 1.807) is 30.3 Å². The average molecular weight is 215 g/mol. The summed E-state index contributed by atoms with van der Waals surface area (Å²) in [5.41, 5.74) is 1.47. The molecule has 1 rings (SSSR count). The molecule has 0 aliphatic carbocycles. The maximum absolute atomic E-state index is 11.3. The lowest BCUT2D eigenvalue weighted by molar-refractivity contribution is 0.101. The molecule has 0 amide bonds. The zero-order valence-corrected chi connectivity index (χ0v) is 8.35. The third-order valence-corrected chi connectivity index (χ3v) is 2.03. The van der Waals surface area contributed by atoms with Crippen molar-refractivity contribution < 1.29 is 4.79 Å². The summed E-state index contributed by atoms with van der Waals surface area (Å²) in [7, 11) is 0. The summed E-state index contributed by atoms with van der Waals surface area (Å²) in [6.45, 7) is 3.60. The molecule has 13 heavy (non-hydrogen) atoms. The molecular formula is C10H8Cl2O. The molecule has 3 heteroatoms. The standard InChI is InChI=1S/C10H8Cl2O/c1-2-7-3-5-8(6-4-7)9(13)10(11)12/h2-6,10H,1H2. The summed E-state index contributed by atoms with van der Waals surface area (Å²) in [6, 6.07) is 6.93. The zero-order chi connectivity index (χ0) is 9.84. The number of carbonyl (C=O) groups excluding carboxylic acids is 1. The first-order valence-corrected chi connectivity index (χ1v) is 4.57. The molecule has 0 atom stereocenters. The molecular weight excluding hydrogens is 207 g/mol. The van der Waals surface area contributed by atoms with Gasteiger partial charge in [0.05, 0.1) is 0 Å². The lowest BCUT2D eigenvalue weighted by atomic mass is 10.1. The number of ketones is 1. The molecule has 0 unspecified atom stereocenters. The molecule has 1 aromatic carbocycles. The van der Waals surface area contributed by atoms with Crippen LogP contribution in [0.4, 0.5) is 0 Å². The Morgan fingerprint density at radius 2 is 1.85 bits per heavy atom. The Morgan fingerprint density at radius 3 is 2.23 bits per heavy atom. The van der Waals surface area contributed by atoms with Gasteiger partial charge in [0, 0.05) is 5.56 Å². The highest BCUT2D eigenvalue weighted by atomic mass is 35.5. The van der Waals surface area contributed by atoms with Crippen LogP contribution in [-0.4, -0.2) is 10.6 Å². The molecule has 0 aliphatic heterocycles. The first kappa shape index (κ1) is 10.3. The quantitative estimate of drug-likeness (QED) is 0.558. The predicted octanol–water partition coefficient (Wildman–Crippen LogP) is 3.32. The van der Waals surface area contributed by atoms with Crippen LogP contribution in [-0.2, 0) is 0 Å². The summed E-state index contributed by atoms with van der Waals surface area (Å²) in [5, 5.41) is 0. The minimum Gasteiger partial charge on any atom is -0.291 e. The zero-order valence-electron chi connectivity index (χ0n) is 6.84. The van der Waals surface area contributed by atoms with Crippen molar-refractivity contribution in [1.82, 2.24) is 0 Å². The second-order valence-electron chi connectivity index (χ2n) is 2.49. The molecule has 1 aromatic rings. The smallest absolute Gasteiger partial charge is 0.195 e. The van der Waals surface area contributed by atoms with Crippen LogP contribution >= 0.6 is 23.2 Å². The fraction of sp³-hybridized carbons (Fsp3) is 0.100. The molecule has 1 nitrogen and oxygen atoms in total. The third kappa shape index (κ3) is 2.58. The highest BCUT2D eigenvalue weighted by Crippen LogP contribution is 2.13. The Balaban J connectivity index is 2.92. The number of Topliss-reactive ketones (excluding diaryl/α,β-unsaturated/α-hetero) is 1. The van der Waals surface area contributed by atoms with Crippen molar-refractivity contribution in [2.45, 2.75) is 4.84 Å². The van der Waals surface area contributed by atoms with E-state index in [1.807, 2.05) is 0 Å². The normalized spacial score (nSPS) is 10.1. The number of rotatable bonds is 3. The number of halogens is 2. The lowest BCUT2D eigenvalue weighted by Gasteiger charge is -2.00. The largest absolute Gasteiger partial charge is 0.291 e. The fourth-order valence-corrected chi connectivity index (χ4v) is 1.16. The van der Waals surface area contributed by atoms with Crippen molar-refractivity contribution in [3.8, 4) is 0 Å². The molecule has 0 saturated carbocycles. The van der Waals surface area contributed by atoms with Crippen LogP contribution in [0.5, 0.6) is 0 Å². The Labute approximate surface area is 87.0 Å². The molecule has 0 spiro atoms. The highest BCUT2D eigenvalue weighted by Gasteiger charge is 2.13. The summed E-state index contributed by atoms with van der Waals surface area (Å²) in [6.07, 6.45) is 1.70. The van der Waals surface area contributed by atoms with Crippen molar-refractivity contribution in [2.24, 2.45) is 0 Å². The monoisotopic (exact) mass is 214 g/mol. The molecule has 0 heterocycles. The minimum atomic E-state index is -0.991. The summed E-state index contributed by atoms with van der Waals surface area (Å²) in [5.74, 6) is -0.279.